The zero-order valence-corrected chi connectivity index (χ0v) is 29.1. The second kappa shape index (κ2) is 19.9. The van der Waals surface area contributed by atoms with Crippen LogP contribution in [0, 0.1) is 17.6 Å². The van der Waals surface area contributed by atoms with Crippen LogP contribution in [0.15, 0.2) is 72.8 Å². The van der Waals surface area contributed by atoms with Gasteiger partial charge in [0.15, 0.2) is 0 Å². The van der Waals surface area contributed by atoms with Crippen LogP contribution >= 0.6 is 0 Å². The number of amides is 1. The molecule has 6 N–H and O–H groups in total. The summed E-state index contributed by atoms with van der Waals surface area (Å²) in [5.74, 6) is -0.541. The summed E-state index contributed by atoms with van der Waals surface area (Å²) < 4.78 is 33.0. The van der Waals surface area contributed by atoms with Crippen LogP contribution in [0.4, 0.5) is 14.5 Å². The lowest BCUT2D eigenvalue weighted by molar-refractivity contribution is -0.131. The highest BCUT2D eigenvalue weighted by molar-refractivity contribution is 6.03. The van der Waals surface area contributed by atoms with Gasteiger partial charge in [-0.1, -0.05) is 49.9 Å². The maximum Gasteiger partial charge on any atom is 0.233 e. The van der Waals surface area contributed by atoms with Gasteiger partial charge in [-0.3, -0.25) is 4.79 Å². The lowest BCUT2D eigenvalue weighted by atomic mass is 9.78. The predicted octanol–water partition coefficient (Wildman–Crippen LogP) is 4.27. The number of halogens is 2. The van der Waals surface area contributed by atoms with Gasteiger partial charge in [-0.15, -0.1) is 0 Å². The molecule has 3 aromatic carbocycles. The van der Waals surface area contributed by atoms with Gasteiger partial charge in [-0.2, -0.15) is 0 Å². The van der Waals surface area contributed by atoms with Gasteiger partial charge in [0.25, 0.3) is 0 Å². The van der Waals surface area contributed by atoms with Crippen molar-refractivity contribution in [2.45, 2.75) is 87.9 Å². The van der Waals surface area contributed by atoms with Crippen LogP contribution in [0.2, 0.25) is 0 Å². The van der Waals surface area contributed by atoms with E-state index in [1.807, 2.05) is 36.2 Å². The third-order valence-corrected chi connectivity index (χ3v) is 9.57. The van der Waals surface area contributed by atoms with Crippen LogP contribution < -0.4 is 9.64 Å². The van der Waals surface area contributed by atoms with Crippen LogP contribution in [-0.4, -0.2) is 99.2 Å². The molecule has 0 radical (unpaired) electrons. The molecule has 3 aromatic rings. The highest BCUT2D eigenvalue weighted by Gasteiger charge is 2.48. The number of rotatable bonds is 22. The third-order valence-electron chi connectivity index (χ3n) is 9.57. The van der Waals surface area contributed by atoms with Crippen LogP contribution in [0.5, 0.6) is 5.75 Å². The molecule has 280 valence electrons. The minimum atomic E-state index is -1.62. The molecular formula is C39H52F2N2O8. The third kappa shape index (κ3) is 11.5. The number of anilines is 1. The lowest BCUT2D eigenvalue weighted by Crippen LogP contribution is -2.55. The molecule has 1 aliphatic heterocycles. The van der Waals surface area contributed by atoms with Gasteiger partial charge in [0.1, 0.15) is 35.7 Å². The molecule has 4 rings (SSSR count). The molecular weight excluding hydrogens is 662 g/mol. The molecule has 1 saturated heterocycles. The monoisotopic (exact) mass is 714 g/mol. The Bertz CT molecular complexity index is 1460. The van der Waals surface area contributed by atoms with Crippen molar-refractivity contribution in [1.29, 1.82) is 0 Å². The molecule has 12 heteroatoms. The van der Waals surface area contributed by atoms with Crippen molar-refractivity contribution in [2.75, 3.05) is 38.3 Å². The number of aliphatic hydroxyl groups is 6. The standard InChI is InChI=1S/C39H52F2N2O8/c1-42(24-34(46)37(48)38(49)35(47)25-44)22-6-4-2-3-5-7-23-51-31-18-10-27(11-19-31)36-32(20-21-33(45)26-8-12-28(40)13-9-26)39(50)43(36)30-16-14-29(41)15-17-30/h8-19,32-38,44-49H,2-7,20-25H2,1H3. The van der Waals surface area contributed by atoms with Crippen molar-refractivity contribution in [2.24, 2.45) is 5.92 Å². The van der Waals surface area contributed by atoms with Gasteiger partial charge >= 0.3 is 0 Å². The Morgan fingerprint density at radius 3 is 1.96 bits per heavy atom. The molecule has 1 aliphatic rings. The van der Waals surface area contributed by atoms with Crippen LogP contribution in [0.25, 0.3) is 0 Å². The van der Waals surface area contributed by atoms with E-state index in [0.717, 1.165) is 49.8 Å². The smallest absolute Gasteiger partial charge is 0.233 e. The number of hydrogen-bond acceptors (Lipinski definition) is 9. The Morgan fingerprint density at radius 1 is 0.765 bits per heavy atom. The number of β-lactam (4-membered cyclic amide) rings is 1. The van der Waals surface area contributed by atoms with E-state index in [9.17, 15) is 39.1 Å². The molecule has 0 spiro atoms. The quantitative estimate of drug-likeness (QED) is 0.0662. The first-order valence-corrected chi connectivity index (χ1v) is 17.8. The van der Waals surface area contributed by atoms with E-state index >= 15 is 0 Å². The number of carbonyl (C=O) groups excluding carboxylic acids is 1. The SMILES string of the molecule is CN(CCCCCCCCOc1ccc(C2C(CCC(O)c3ccc(F)cc3)C(=O)N2c2ccc(F)cc2)cc1)CC(O)C(O)C(O)C(O)CO. The van der Waals surface area contributed by atoms with E-state index in [1.165, 1.54) is 24.3 Å². The molecule has 0 bridgehead atoms. The molecule has 1 heterocycles. The van der Waals surface area contributed by atoms with Crippen molar-refractivity contribution >= 4 is 11.6 Å². The normalized spacial score (nSPS) is 19.0. The number of aliphatic hydroxyl groups excluding tert-OH is 6. The summed E-state index contributed by atoms with van der Waals surface area (Å²) in [6, 6.07) is 18.8. The Balaban J connectivity index is 1.18. The summed E-state index contributed by atoms with van der Waals surface area (Å²) in [5, 5.41) is 58.9. The fraction of sp³-hybridized carbons (Fsp3) is 0.513. The van der Waals surface area contributed by atoms with Crippen LogP contribution in [0.1, 0.15) is 74.6 Å². The van der Waals surface area contributed by atoms with Crippen molar-refractivity contribution < 1.29 is 49.0 Å². The molecule has 1 amide bonds. The maximum atomic E-state index is 13.7. The number of nitrogens with zero attached hydrogens (tertiary/aromatic N) is 2. The molecule has 7 unspecified atom stereocenters. The number of unbranched alkanes of at least 4 members (excludes halogenated alkanes) is 5. The van der Waals surface area contributed by atoms with Gasteiger partial charge in [0.05, 0.1) is 37.4 Å². The van der Waals surface area contributed by atoms with Gasteiger partial charge in [0, 0.05) is 12.2 Å². The molecule has 0 saturated carbocycles. The lowest BCUT2D eigenvalue weighted by Gasteiger charge is -2.48. The van der Waals surface area contributed by atoms with E-state index in [-0.39, 0.29) is 36.0 Å². The Labute approximate surface area is 298 Å². The number of ether oxygens (including phenoxy) is 1. The highest BCUT2D eigenvalue weighted by Crippen LogP contribution is 2.46. The fourth-order valence-electron chi connectivity index (χ4n) is 6.51. The topological polar surface area (TPSA) is 154 Å². The first kappa shape index (κ1) is 40.3. The number of hydrogen-bond donors (Lipinski definition) is 6. The van der Waals surface area contributed by atoms with E-state index in [1.54, 1.807) is 29.2 Å². The molecule has 0 aromatic heterocycles. The van der Waals surface area contributed by atoms with Gasteiger partial charge in [-0.05, 0) is 98.9 Å². The highest BCUT2D eigenvalue weighted by atomic mass is 19.1. The average molecular weight is 715 g/mol. The van der Waals surface area contributed by atoms with E-state index in [2.05, 4.69) is 0 Å². The largest absolute Gasteiger partial charge is 0.494 e. The van der Waals surface area contributed by atoms with Crippen molar-refractivity contribution in [1.82, 2.24) is 4.90 Å². The number of carbonyl (C=O) groups is 1. The summed E-state index contributed by atoms with van der Waals surface area (Å²) in [7, 11) is 1.81. The summed E-state index contributed by atoms with van der Waals surface area (Å²) in [4.78, 5) is 16.9. The molecule has 1 fully saturated rings. The zero-order chi connectivity index (χ0) is 36.9. The van der Waals surface area contributed by atoms with Gasteiger partial charge < -0.3 is 45.2 Å². The minimum absolute atomic E-state index is 0.100. The van der Waals surface area contributed by atoms with Crippen molar-refractivity contribution in [3.63, 3.8) is 0 Å². The Hall–Kier alpha value is -3.49. The fourth-order valence-corrected chi connectivity index (χ4v) is 6.51. The minimum Gasteiger partial charge on any atom is -0.494 e. The van der Waals surface area contributed by atoms with Crippen LogP contribution in [0.3, 0.4) is 0 Å². The molecule has 51 heavy (non-hydrogen) atoms. The first-order valence-electron chi connectivity index (χ1n) is 17.8. The summed E-state index contributed by atoms with van der Waals surface area (Å²) in [5.41, 5.74) is 2.09. The van der Waals surface area contributed by atoms with Crippen LogP contribution in [-0.2, 0) is 4.79 Å². The summed E-state index contributed by atoms with van der Waals surface area (Å²) >= 11 is 0. The predicted molar refractivity (Wildman–Crippen MR) is 189 cm³/mol. The average Bonchev–Trinajstić information content (AvgIpc) is 3.13. The summed E-state index contributed by atoms with van der Waals surface area (Å²) in [6.45, 7) is 0.690. The van der Waals surface area contributed by atoms with Gasteiger partial charge in [-0.25, -0.2) is 8.78 Å². The van der Waals surface area contributed by atoms with Gasteiger partial charge in [0.2, 0.25) is 5.91 Å². The first-order chi connectivity index (χ1) is 24.5. The Kier molecular flexibility index (Phi) is 15.7. The van der Waals surface area contributed by atoms with E-state index in [0.29, 0.717) is 37.2 Å². The second-order valence-electron chi connectivity index (χ2n) is 13.5. The summed E-state index contributed by atoms with van der Waals surface area (Å²) in [6.07, 6.45) is -0.132. The molecule has 10 nitrogen and oxygen atoms in total. The molecule has 0 aliphatic carbocycles. The molecule has 7 atom stereocenters. The van der Waals surface area contributed by atoms with E-state index in [4.69, 9.17) is 9.84 Å². The second-order valence-corrected chi connectivity index (χ2v) is 13.5. The maximum absolute atomic E-state index is 13.7. The number of likely N-dealkylation sites (N-methyl/N-ethyl adjacent to an activating group) is 1. The number of benzene rings is 3. The zero-order valence-electron chi connectivity index (χ0n) is 29.1. The van der Waals surface area contributed by atoms with E-state index < -0.39 is 37.1 Å². The van der Waals surface area contributed by atoms with Crippen molar-refractivity contribution in [3.05, 3.63) is 95.6 Å². The Morgan fingerprint density at radius 2 is 1.33 bits per heavy atom. The van der Waals surface area contributed by atoms with Crippen molar-refractivity contribution in [3.8, 4) is 5.75 Å².